The smallest absolute Gasteiger partial charge is 0.303 e. The van der Waals surface area contributed by atoms with Crippen molar-refractivity contribution in [2.45, 2.75) is 144 Å². The van der Waals surface area contributed by atoms with E-state index in [4.69, 9.17) is 5.11 Å². The highest BCUT2D eigenvalue weighted by Crippen LogP contribution is 2.49. The number of carboxylic acids is 1. The maximum atomic E-state index is 11.1. The molecule has 2 aromatic carbocycles. The Kier molecular flexibility index (Phi) is 11.7. The lowest BCUT2D eigenvalue weighted by Gasteiger charge is -2.32. The van der Waals surface area contributed by atoms with Gasteiger partial charge in [-0.1, -0.05) is 95.9 Å². The van der Waals surface area contributed by atoms with Crippen LogP contribution in [0.25, 0.3) is 0 Å². The molecule has 0 amide bonds. The van der Waals surface area contributed by atoms with E-state index in [0.717, 1.165) is 51.6 Å². The number of hydrogen-bond donors (Lipinski definition) is 1. The van der Waals surface area contributed by atoms with E-state index in [2.05, 4.69) is 139 Å². The van der Waals surface area contributed by atoms with Crippen molar-refractivity contribution < 1.29 is 14.5 Å². The number of benzene rings is 2. The number of allylic oxidation sites excluding steroid dienone is 8. The lowest BCUT2D eigenvalue weighted by Crippen LogP contribution is -2.28. The predicted octanol–water partition coefficient (Wildman–Crippen LogP) is 12.2. The number of aliphatic carboxylic acids is 1. The highest BCUT2D eigenvalue weighted by molar-refractivity contribution is 6.03. The Morgan fingerprint density at radius 3 is 2.25 bits per heavy atom. The van der Waals surface area contributed by atoms with E-state index in [1.165, 1.54) is 81.0 Å². The first-order valence-corrected chi connectivity index (χ1v) is 19.8. The van der Waals surface area contributed by atoms with Crippen LogP contribution in [0, 0.1) is 19.3 Å². The molecule has 0 fully saturated rings. The van der Waals surface area contributed by atoms with Crippen molar-refractivity contribution in [3.63, 3.8) is 0 Å². The van der Waals surface area contributed by atoms with Gasteiger partial charge in [0, 0.05) is 53.9 Å². The van der Waals surface area contributed by atoms with E-state index in [1.807, 2.05) is 0 Å². The van der Waals surface area contributed by atoms with Gasteiger partial charge < -0.3 is 10.0 Å². The molecule has 51 heavy (non-hydrogen) atoms. The van der Waals surface area contributed by atoms with Crippen LogP contribution in [0.4, 0.5) is 11.4 Å². The van der Waals surface area contributed by atoms with Crippen LogP contribution in [-0.4, -0.2) is 34.5 Å². The minimum atomic E-state index is -0.704. The summed E-state index contributed by atoms with van der Waals surface area (Å²) in [7, 11) is 0. The molecule has 0 bridgehead atoms. The number of unbranched alkanes of at least 4 members (excludes halogenated alkanes) is 4. The highest BCUT2D eigenvalue weighted by atomic mass is 16.4. The van der Waals surface area contributed by atoms with Crippen molar-refractivity contribution in [2.75, 3.05) is 18.0 Å². The number of carboxylic acid groups (broad SMARTS) is 1. The molecule has 2 aromatic rings. The van der Waals surface area contributed by atoms with Crippen LogP contribution in [0.5, 0.6) is 0 Å². The summed E-state index contributed by atoms with van der Waals surface area (Å²) in [6.07, 6.45) is 19.7. The van der Waals surface area contributed by atoms with Gasteiger partial charge in [-0.2, -0.15) is 4.58 Å². The third-order valence-corrected chi connectivity index (χ3v) is 11.5. The van der Waals surface area contributed by atoms with Gasteiger partial charge in [0.25, 0.3) is 0 Å². The fraction of sp³-hybridized carbons (Fsp3) is 0.532. The number of hydrogen-bond acceptors (Lipinski definition) is 2. The number of fused-ring (bicyclic) bond motifs is 2. The molecular formula is C47H65N2O2+. The number of carbonyl (C=O) groups is 1. The second-order valence-electron chi connectivity index (χ2n) is 17.5. The quantitative estimate of drug-likeness (QED) is 0.168. The van der Waals surface area contributed by atoms with Gasteiger partial charge >= 0.3 is 5.97 Å². The third kappa shape index (κ3) is 8.21. The van der Waals surface area contributed by atoms with Crippen LogP contribution in [-0.2, 0) is 15.6 Å². The monoisotopic (exact) mass is 690 g/mol. The van der Waals surface area contributed by atoms with Crippen LogP contribution in [0.2, 0.25) is 0 Å². The first kappa shape index (κ1) is 38.6. The van der Waals surface area contributed by atoms with Crippen molar-refractivity contribution in [1.82, 2.24) is 0 Å². The van der Waals surface area contributed by atoms with Gasteiger partial charge in [-0.3, -0.25) is 4.79 Å². The van der Waals surface area contributed by atoms with E-state index in [0.29, 0.717) is 0 Å². The number of nitrogens with zero attached hydrogens (tertiary/aromatic N) is 2. The fourth-order valence-corrected chi connectivity index (χ4v) is 8.88. The first-order valence-electron chi connectivity index (χ1n) is 19.8. The Balaban J connectivity index is 1.54. The summed E-state index contributed by atoms with van der Waals surface area (Å²) in [4.78, 5) is 13.6. The van der Waals surface area contributed by atoms with Crippen LogP contribution in [0.3, 0.4) is 0 Å². The SMILES string of the molecule is CCCCC[N+]1=C(C=CC2=C(C(C)(C)C)C(=CC=C3N(CCCCCC(=O)O)c4ccc(C)cc4C3(C)C)CCC2)C(C)(C)c2cc(C)ccc21. The molecule has 2 aliphatic heterocycles. The molecule has 4 nitrogen and oxygen atoms in total. The van der Waals surface area contributed by atoms with E-state index < -0.39 is 5.97 Å². The lowest BCUT2D eigenvalue weighted by molar-refractivity contribution is -0.438. The summed E-state index contributed by atoms with van der Waals surface area (Å²) in [5.41, 5.74) is 15.1. The maximum absolute atomic E-state index is 11.1. The van der Waals surface area contributed by atoms with Crippen molar-refractivity contribution in [3.05, 3.63) is 105 Å². The summed E-state index contributed by atoms with van der Waals surface area (Å²) < 4.78 is 2.61. The van der Waals surface area contributed by atoms with E-state index in [-0.39, 0.29) is 22.7 Å². The first-order chi connectivity index (χ1) is 24.1. The van der Waals surface area contributed by atoms with E-state index in [9.17, 15) is 4.79 Å². The van der Waals surface area contributed by atoms with Gasteiger partial charge in [0.15, 0.2) is 5.71 Å². The second-order valence-corrected chi connectivity index (χ2v) is 17.5. The molecule has 0 aromatic heterocycles. The van der Waals surface area contributed by atoms with Gasteiger partial charge in [-0.15, -0.1) is 0 Å². The average Bonchev–Trinajstić information content (AvgIpc) is 3.39. The van der Waals surface area contributed by atoms with Crippen LogP contribution in [0.15, 0.2) is 83.1 Å². The van der Waals surface area contributed by atoms with Crippen molar-refractivity contribution in [1.29, 1.82) is 0 Å². The Hall–Kier alpha value is -3.66. The molecule has 4 heteroatoms. The van der Waals surface area contributed by atoms with Gasteiger partial charge in [-0.05, 0) is 112 Å². The van der Waals surface area contributed by atoms with Crippen molar-refractivity contribution in [3.8, 4) is 0 Å². The normalized spacial score (nSPS) is 19.9. The number of aryl methyl sites for hydroxylation is 2. The van der Waals surface area contributed by atoms with Gasteiger partial charge in [0.1, 0.15) is 6.54 Å². The molecule has 0 radical (unpaired) electrons. The highest BCUT2D eigenvalue weighted by Gasteiger charge is 2.44. The zero-order chi connectivity index (χ0) is 37.1. The molecule has 1 aliphatic carbocycles. The van der Waals surface area contributed by atoms with Gasteiger partial charge in [0.2, 0.25) is 5.69 Å². The largest absolute Gasteiger partial charge is 0.481 e. The molecule has 0 atom stereocenters. The minimum Gasteiger partial charge on any atom is -0.481 e. The van der Waals surface area contributed by atoms with E-state index >= 15 is 0 Å². The molecule has 5 rings (SSSR count). The van der Waals surface area contributed by atoms with Gasteiger partial charge in [0.05, 0.1) is 5.41 Å². The fourth-order valence-electron chi connectivity index (χ4n) is 8.88. The summed E-state index contributed by atoms with van der Waals surface area (Å²) in [5, 5.41) is 9.15. The van der Waals surface area contributed by atoms with Crippen LogP contribution >= 0.6 is 0 Å². The standard InChI is InChI=1S/C47H64N2O2/c1-11-12-15-29-48-39-25-21-33(2)31-37(39)46(7,8)41(48)27-23-35-18-17-19-36(44(35)45(4,5)6)24-28-42-47(9,10)38-32-34(3)22-26-40(38)49(42)30-16-13-14-20-43(50)51/h21-28,31-32H,11-20,29-30H2,1-10H3/p+1. The molecule has 0 saturated carbocycles. The number of rotatable bonds is 13. The maximum Gasteiger partial charge on any atom is 0.303 e. The van der Waals surface area contributed by atoms with Crippen LogP contribution < -0.4 is 4.90 Å². The van der Waals surface area contributed by atoms with Gasteiger partial charge in [-0.25, -0.2) is 0 Å². The van der Waals surface area contributed by atoms with Crippen molar-refractivity contribution >= 4 is 23.1 Å². The Morgan fingerprint density at radius 1 is 0.863 bits per heavy atom. The van der Waals surface area contributed by atoms with E-state index in [1.54, 1.807) is 0 Å². The molecular weight excluding hydrogens is 625 g/mol. The second kappa shape index (κ2) is 15.5. The van der Waals surface area contributed by atoms with Crippen LogP contribution in [0.1, 0.15) is 142 Å². The molecule has 0 spiro atoms. The molecule has 0 saturated heterocycles. The zero-order valence-electron chi connectivity index (χ0n) is 33.5. The lowest BCUT2D eigenvalue weighted by atomic mass is 9.73. The molecule has 2 heterocycles. The zero-order valence-corrected chi connectivity index (χ0v) is 33.5. The predicted molar refractivity (Wildman–Crippen MR) is 217 cm³/mol. The third-order valence-electron chi connectivity index (χ3n) is 11.5. The molecule has 0 unspecified atom stereocenters. The minimum absolute atomic E-state index is 0.0102. The van der Waals surface area contributed by atoms with Crippen molar-refractivity contribution in [2.24, 2.45) is 5.41 Å². The Bertz CT molecular complexity index is 1790. The molecule has 3 aliphatic rings. The number of anilines is 1. The average molecular weight is 690 g/mol. The Labute approximate surface area is 309 Å². The molecule has 274 valence electrons. The molecule has 1 N–H and O–H groups in total. The summed E-state index contributed by atoms with van der Waals surface area (Å²) >= 11 is 0. The topological polar surface area (TPSA) is 43.5 Å². The Morgan fingerprint density at radius 2 is 1.57 bits per heavy atom. The summed E-state index contributed by atoms with van der Waals surface area (Å²) in [5.74, 6) is -0.704. The summed E-state index contributed by atoms with van der Waals surface area (Å²) in [6, 6.07) is 13.9. The summed E-state index contributed by atoms with van der Waals surface area (Å²) in [6.45, 7) is 25.3.